The Bertz CT molecular complexity index is 419. The van der Waals surface area contributed by atoms with Crippen LogP contribution in [0, 0.1) is 0 Å². The highest BCUT2D eigenvalue weighted by Gasteiger charge is 2.28. The summed E-state index contributed by atoms with van der Waals surface area (Å²) < 4.78 is 11.5. The van der Waals surface area contributed by atoms with Gasteiger partial charge in [-0.3, -0.25) is 0 Å². The Kier molecular flexibility index (Phi) is 3.94. The highest BCUT2D eigenvalue weighted by Crippen LogP contribution is 2.25. The Morgan fingerprint density at radius 1 is 0.850 bits per heavy atom. The van der Waals surface area contributed by atoms with E-state index in [2.05, 4.69) is 51.5 Å². The second-order valence-electron chi connectivity index (χ2n) is 7.12. The standard InChI is InChI=1S/C16H26N2O2/c1-11-9-15(3,4)17-13(19-11)7-8-14-18-16(5,6)10-12(2)20-14/h7-8,11-12H,9-10H2,1-6H3/b8-7+. The maximum Gasteiger partial charge on any atom is 0.209 e. The molecule has 0 bridgehead atoms. The summed E-state index contributed by atoms with van der Waals surface area (Å²) in [6, 6.07) is 0. The minimum Gasteiger partial charge on any atom is -0.475 e. The second kappa shape index (κ2) is 5.23. The molecule has 20 heavy (non-hydrogen) atoms. The van der Waals surface area contributed by atoms with Crippen molar-refractivity contribution in [1.82, 2.24) is 0 Å². The zero-order valence-electron chi connectivity index (χ0n) is 13.4. The third-order valence-electron chi connectivity index (χ3n) is 3.41. The SMILES string of the molecule is CC1CC(C)(C)N=C(/C=C/C2=NC(C)(C)CC(C)O2)O1. The molecule has 0 spiro atoms. The van der Waals surface area contributed by atoms with Crippen molar-refractivity contribution >= 4 is 11.8 Å². The monoisotopic (exact) mass is 278 g/mol. The molecular weight excluding hydrogens is 252 g/mol. The van der Waals surface area contributed by atoms with Crippen LogP contribution in [0.1, 0.15) is 54.4 Å². The summed E-state index contributed by atoms with van der Waals surface area (Å²) in [5, 5.41) is 0. The van der Waals surface area contributed by atoms with E-state index in [1.165, 1.54) is 0 Å². The van der Waals surface area contributed by atoms with Crippen molar-refractivity contribution in [3.63, 3.8) is 0 Å². The minimum atomic E-state index is -0.0703. The first-order valence-corrected chi connectivity index (χ1v) is 7.36. The van der Waals surface area contributed by atoms with Crippen LogP contribution in [0.25, 0.3) is 0 Å². The van der Waals surface area contributed by atoms with Crippen LogP contribution in [0.5, 0.6) is 0 Å². The van der Waals surface area contributed by atoms with Gasteiger partial charge in [0.2, 0.25) is 11.8 Å². The Labute approximate surface area is 122 Å². The molecule has 2 atom stereocenters. The molecule has 0 aliphatic carbocycles. The lowest BCUT2D eigenvalue weighted by Gasteiger charge is -2.31. The van der Waals surface area contributed by atoms with Gasteiger partial charge in [0.1, 0.15) is 0 Å². The molecule has 0 fully saturated rings. The zero-order chi connectivity index (χ0) is 15.0. The number of ether oxygens (including phenoxy) is 2. The minimum absolute atomic E-state index is 0.0703. The van der Waals surface area contributed by atoms with Gasteiger partial charge >= 0.3 is 0 Å². The molecule has 4 heteroatoms. The van der Waals surface area contributed by atoms with Crippen LogP contribution in [0.3, 0.4) is 0 Å². The highest BCUT2D eigenvalue weighted by atomic mass is 16.5. The van der Waals surface area contributed by atoms with Crippen LogP contribution < -0.4 is 0 Å². The topological polar surface area (TPSA) is 43.2 Å². The van der Waals surface area contributed by atoms with E-state index in [0.717, 1.165) is 12.8 Å². The fourth-order valence-electron chi connectivity index (χ4n) is 2.94. The van der Waals surface area contributed by atoms with E-state index in [1.807, 2.05) is 12.2 Å². The molecule has 2 unspecified atom stereocenters. The third kappa shape index (κ3) is 4.09. The van der Waals surface area contributed by atoms with Gasteiger partial charge in [-0.15, -0.1) is 0 Å². The summed E-state index contributed by atoms with van der Waals surface area (Å²) in [5.41, 5.74) is -0.141. The Hall–Kier alpha value is -1.32. The molecular formula is C16H26N2O2. The summed E-state index contributed by atoms with van der Waals surface area (Å²) in [6.45, 7) is 12.6. The summed E-state index contributed by atoms with van der Waals surface area (Å²) in [4.78, 5) is 9.20. The van der Waals surface area contributed by atoms with Gasteiger partial charge in [0.15, 0.2) is 0 Å². The number of hydrogen-bond donors (Lipinski definition) is 0. The lowest BCUT2D eigenvalue weighted by Crippen LogP contribution is -2.34. The lowest BCUT2D eigenvalue weighted by atomic mass is 9.96. The van der Waals surface area contributed by atoms with Crippen molar-refractivity contribution in [3.05, 3.63) is 12.2 Å². The average Bonchev–Trinajstić information content (AvgIpc) is 2.20. The number of hydrogen-bond acceptors (Lipinski definition) is 4. The van der Waals surface area contributed by atoms with Gasteiger partial charge in [-0.05, 0) is 41.5 Å². The van der Waals surface area contributed by atoms with Gasteiger partial charge in [0, 0.05) is 25.0 Å². The maximum atomic E-state index is 5.74. The quantitative estimate of drug-likeness (QED) is 0.775. The molecule has 0 radical (unpaired) electrons. The molecule has 4 nitrogen and oxygen atoms in total. The van der Waals surface area contributed by atoms with Gasteiger partial charge in [-0.2, -0.15) is 0 Å². The van der Waals surface area contributed by atoms with Crippen LogP contribution in [-0.4, -0.2) is 35.1 Å². The number of aliphatic imine (C=N–C) groups is 2. The zero-order valence-corrected chi connectivity index (χ0v) is 13.4. The molecule has 2 aliphatic rings. The Morgan fingerprint density at radius 2 is 1.20 bits per heavy atom. The first-order chi connectivity index (χ1) is 9.15. The molecule has 112 valence electrons. The van der Waals surface area contributed by atoms with Gasteiger partial charge in [-0.25, -0.2) is 9.98 Å². The molecule has 0 saturated heterocycles. The fraction of sp³-hybridized carbons (Fsp3) is 0.750. The van der Waals surface area contributed by atoms with Crippen molar-refractivity contribution < 1.29 is 9.47 Å². The van der Waals surface area contributed by atoms with E-state index < -0.39 is 0 Å². The highest BCUT2D eigenvalue weighted by molar-refractivity contribution is 5.97. The molecule has 0 saturated carbocycles. The molecule has 0 amide bonds. The summed E-state index contributed by atoms with van der Waals surface area (Å²) in [6.07, 6.45) is 5.98. The van der Waals surface area contributed by atoms with Crippen molar-refractivity contribution in [1.29, 1.82) is 0 Å². The average molecular weight is 278 g/mol. The molecule has 2 heterocycles. The Balaban J connectivity index is 2.13. The first kappa shape index (κ1) is 15.1. The van der Waals surface area contributed by atoms with Crippen molar-refractivity contribution in [2.24, 2.45) is 9.98 Å². The van der Waals surface area contributed by atoms with Crippen LogP contribution in [0.15, 0.2) is 22.1 Å². The molecule has 0 aromatic rings. The number of nitrogens with zero attached hydrogens (tertiary/aromatic N) is 2. The maximum absolute atomic E-state index is 5.74. The predicted octanol–water partition coefficient (Wildman–Crippen LogP) is 3.51. The van der Waals surface area contributed by atoms with Crippen LogP contribution in [0.2, 0.25) is 0 Å². The molecule has 0 N–H and O–H groups in total. The van der Waals surface area contributed by atoms with Gasteiger partial charge in [0.05, 0.1) is 23.3 Å². The van der Waals surface area contributed by atoms with Crippen LogP contribution in [0.4, 0.5) is 0 Å². The Morgan fingerprint density at radius 3 is 1.50 bits per heavy atom. The van der Waals surface area contributed by atoms with Crippen molar-refractivity contribution in [2.75, 3.05) is 0 Å². The summed E-state index contributed by atoms with van der Waals surface area (Å²) >= 11 is 0. The van der Waals surface area contributed by atoms with E-state index in [-0.39, 0.29) is 23.3 Å². The largest absolute Gasteiger partial charge is 0.475 e. The lowest BCUT2D eigenvalue weighted by molar-refractivity contribution is 0.144. The summed E-state index contributed by atoms with van der Waals surface area (Å²) in [7, 11) is 0. The smallest absolute Gasteiger partial charge is 0.209 e. The number of rotatable bonds is 2. The predicted molar refractivity (Wildman–Crippen MR) is 82.5 cm³/mol. The molecule has 0 aromatic carbocycles. The van der Waals surface area contributed by atoms with E-state index in [1.54, 1.807) is 0 Å². The van der Waals surface area contributed by atoms with Crippen LogP contribution >= 0.6 is 0 Å². The first-order valence-electron chi connectivity index (χ1n) is 7.36. The van der Waals surface area contributed by atoms with Gasteiger partial charge in [-0.1, -0.05) is 0 Å². The van der Waals surface area contributed by atoms with E-state index in [0.29, 0.717) is 11.8 Å². The third-order valence-corrected chi connectivity index (χ3v) is 3.41. The van der Waals surface area contributed by atoms with Gasteiger partial charge < -0.3 is 9.47 Å². The fourth-order valence-corrected chi connectivity index (χ4v) is 2.94. The van der Waals surface area contributed by atoms with Crippen LogP contribution in [-0.2, 0) is 9.47 Å². The van der Waals surface area contributed by atoms with E-state index in [9.17, 15) is 0 Å². The molecule has 0 aromatic heterocycles. The molecule has 2 rings (SSSR count). The van der Waals surface area contributed by atoms with E-state index in [4.69, 9.17) is 9.47 Å². The normalized spacial score (nSPS) is 32.1. The van der Waals surface area contributed by atoms with Crippen molar-refractivity contribution in [2.45, 2.75) is 77.7 Å². The second-order valence-corrected chi connectivity index (χ2v) is 7.12. The molecule has 2 aliphatic heterocycles. The van der Waals surface area contributed by atoms with E-state index >= 15 is 0 Å². The summed E-state index contributed by atoms with van der Waals surface area (Å²) in [5.74, 6) is 1.33. The van der Waals surface area contributed by atoms with Crippen molar-refractivity contribution in [3.8, 4) is 0 Å². The van der Waals surface area contributed by atoms with Gasteiger partial charge in [0.25, 0.3) is 0 Å².